The Labute approximate surface area is 298 Å². The summed E-state index contributed by atoms with van der Waals surface area (Å²) in [7, 11) is 0. The lowest BCUT2D eigenvalue weighted by molar-refractivity contribution is 0.405. The minimum Gasteiger partial charge on any atom is -0.333 e. The lowest BCUT2D eigenvalue weighted by Gasteiger charge is -2.39. The molecule has 50 heavy (non-hydrogen) atoms. The van der Waals surface area contributed by atoms with Crippen LogP contribution >= 0.6 is 0 Å². The van der Waals surface area contributed by atoms with Gasteiger partial charge in [0.05, 0.1) is 11.5 Å². The number of anilines is 2. The van der Waals surface area contributed by atoms with E-state index in [1.165, 1.54) is 131 Å². The molecule has 248 valence electrons. The molecule has 0 aromatic heterocycles. The van der Waals surface area contributed by atoms with Gasteiger partial charge in [0.1, 0.15) is 0 Å². The normalized spacial score (nSPS) is 26.4. The molecule has 0 bridgehead atoms. The molecule has 1 aliphatic heterocycles. The first-order chi connectivity index (χ1) is 24.8. The van der Waals surface area contributed by atoms with Crippen LogP contribution in [0.3, 0.4) is 0 Å². The summed E-state index contributed by atoms with van der Waals surface area (Å²) in [5.41, 5.74) is 18.9. The number of rotatable bonds is 3. The highest BCUT2D eigenvalue weighted by Gasteiger charge is 2.56. The fourth-order valence-electron chi connectivity index (χ4n) is 11.7. The molecule has 1 nitrogen and oxygen atoms in total. The van der Waals surface area contributed by atoms with Crippen LogP contribution in [0.25, 0.3) is 16.7 Å². The Hall–Kier alpha value is -4.36. The van der Waals surface area contributed by atoms with Gasteiger partial charge in [-0.3, -0.25) is 0 Å². The van der Waals surface area contributed by atoms with Crippen molar-refractivity contribution in [1.82, 2.24) is 0 Å². The fraction of sp³-hybridized carbons (Fsp3) is 0.347. The van der Waals surface area contributed by atoms with Crippen LogP contribution in [-0.4, -0.2) is 6.04 Å². The summed E-state index contributed by atoms with van der Waals surface area (Å²) in [6.07, 6.45) is 28.8. The third kappa shape index (κ3) is 4.01. The van der Waals surface area contributed by atoms with E-state index < -0.39 is 0 Å². The zero-order chi connectivity index (χ0) is 32.8. The lowest BCUT2D eigenvalue weighted by Crippen LogP contribution is -2.36. The zero-order valence-electron chi connectivity index (χ0n) is 29.2. The van der Waals surface area contributed by atoms with Crippen molar-refractivity contribution in [2.75, 3.05) is 4.90 Å². The summed E-state index contributed by atoms with van der Waals surface area (Å²) in [6, 6.07) is 34.1. The predicted molar refractivity (Wildman–Crippen MR) is 208 cm³/mol. The van der Waals surface area contributed by atoms with Crippen LogP contribution in [0, 0.1) is 5.92 Å². The molecule has 7 aliphatic rings. The molecule has 2 saturated carbocycles. The van der Waals surface area contributed by atoms with E-state index in [9.17, 15) is 0 Å². The number of fused-ring (bicyclic) bond motifs is 9. The van der Waals surface area contributed by atoms with Crippen LogP contribution in [0.5, 0.6) is 0 Å². The van der Waals surface area contributed by atoms with Crippen molar-refractivity contribution in [3.63, 3.8) is 0 Å². The van der Waals surface area contributed by atoms with E-state index in [0.717, 1.165) is 12.8 Å². The Bertz CT molecular complexity index is 2140. The molecule has 6 aliphatic carbocycles. The molecule has 3 atom stereocenters. The van der Waals surface area contributed by atoms with Gasteiger partial charge in [-0.1, -0.05) is 136 Å². The summed E-state index contributed by atoms with van der Waals surface area (Å²) in [5, 5.41) is 0. The first-order valence-electron chi connectivity index (χ1n) is 19.9. The molecular formula is C49H47N. The van der Waals surface area contributed by atoms with Gasteiger partial charge in [-0.25, -0.2) is 0 Å². The minimum atomic E-state index is -0.275. The third-order valence-corrected chi connectivity index (χ3v) is 13.8. The van der Waals surface area contributed by atoms with Crippen LogP contribution in [0.4, 0.5) is 11.4 Å². The van der Waals surface area contributed by atoms with Gasteiger partial charge in [0.15, 0.2) is 0 Å². The minimum absolute atomic E-state index is 0.225. The zero-order valence-corrected chi connectivity index (χ0v) is 29.2. The highest BCUT2D eigenvalue weighted by Crippen LogP contribution is 2.68. The number of hydrogen-bond acceptors (Lipinski definition) is 1. The van der Waals surface area contributed by atoms with E-state index in [1.807, 2.05) is 0 Å². The van der Waals surface area contributed by atoms with Gasteiger partial charge in [-0.2, -0.15) is 0 Å². The highest BCUT2D eigenvalue weighted by atomic mass is 15.2. The van der Waals surface area contributed by atoms with E-state index in [1.54, 1.807) is 5.57 Å². The average Bonchev–Trinajstić information content (AvgIpc) is 3.62. The van der Waals surface area contributed by atoms with E-state index in [-0.39, 0.29) is 17.4 Å². The van der Waals surface area contributed by atoms with Gasteiger partial charge in [0, 0.05) is 22.9 Å². The molecule has 0 amide bonds. The van der Waals surface area contributed by atoms with Gasteiger partial charge in [0.25, 0.3) is 0 Å². The van der Waals surface area contributed by atoms with E-state index in [0.29, 0.717) is 11.8 Å². The largest absolute Gasteiger partial charge is 0.333 e. The molecule has 1 heterocycles. The van der Waals surface area contributed by atoms with Crippen molar-refractivity contribution in [3.05, 3.63) is 160 Å². The van der Waals surface area contributed by atoms with Crippen molar-refractivity contribution in [2.24, 2.45) is 5.92 Å². The van der Waals surface area contributed by atoms with Crippen LogP contribution in [0.2, 0.25) is 0 Å². The quantitative estimate of drug-likeness (QED) is 0.213. The summed E-state index contributed by atoms with van der Waals surface area (Å²) in [4.78, 5) is 2.74. The van der Waals surface area contributed by atoms with Gasteiger partial charge in [0.2, 0.25) is 0 Å². The van der Waals surface area contributed by atoms with E-state index in [2.05, 4.69) is 120 Å². The van der Waals surface area contributed by atoms with Crippen molar-refractivity contribution in [2.45, 2.75) is 100 Å². The SMILES string of the molecule is C1=CC2C(C=C1C1CCCCC1)c1cccc3c1-c1c(cccc1C31C3=CCCC=C3c3ccccc31)N2c1ccc(C2CCCCC2)cc1. The second-order valence-corrected chi connectivity index (χ2v) is 16.3. The lowest BCUT2D eigenvalue weighted by atomic mass is 9.68. The number of allylic oxidation sites excluding steroid dienone is 6. The average molecular weight is 650 g/mol. The maximum atomic E-state index is 2.74. The maximum absolute atomic E-state index is 2.74. The maximum Gasteiger partial charge on any atom is 0.0723 e. The number of hydrogen-bond donors (Lipinski definition) is 0. The Morgan fingerprint density at radius 3 is 2.12 bits per heavy atom. The van der Waals surface area contributed by atoms with E-state index in [4.69, 9.17) is 0 Å². The summed E-state index contributed by atoms with van der Waals surface area (Å²) in [5.74, 6) is 1.69. The Morgan fingerprint density at radius 1 is 0.600 bits per heavy atom. The topological polar surface area (TPSA) is 3.24 Å². The third-order valence-electron chi connectivity index (χ3n) is 13.8. The standard InChI is InChI=1S/C49H47N/c1-3-13-32(14-4-1)34-25-28-36(29-26-34)50-45-30-27-35(33-15-5-2-6-16-33)31-40(45)39-19-11-22-43-47(39)48-44(23-12-24-46(48)50)49(43)41-20-9-7-17-37(41)38-18-8-10-21-42(38)49/h7,9,11-12,17-33,40,45H,1-6,8,10,13-16H2. The smallest absolute Gasteiger partial charge is 0.0723 e. The molecule has 4 aromatic carbocycles. The van der Waals surface area contributed by atoms with Crippen molar-refractivity contribution < 1.29 is 0 Å². The second kappa shape index (κ2) is 11.3. The Kier molecular flexibility index (Phi) is 6.65. The molecule has 4 aromatic rings. The molecule has 0 radical (unpaired) electrons. The molecular weight excluding hydrogens is 603 g/mol. The van der Waals surface area contributed by atoms with Crippen molar-refractivity contribution >= 4 is 16.9 Å². The Balaban J connectivity index is 1.17. The first-order valence-corrected chi connectivity index (χ1v) is 19.9. The van der Waals surface area contributed by atoms with Crippen LogP contribution in [-0.2, 0) is 5.41 Å². The molecule has 3 unspecified atom stereocenters. The van der Waals surface area contributed by atoms with Crippen molar-refractivity contribution in [3.8, 4) is 11.1 Å². The van der Waals surface area contributed by atoms with E-state index >= 15 is 0 Å². The van der Waals surface area contributed by atoms with Crippen molar-refractivity contribution in [1.29, 1.82) is 0 Å². The second-order valence-electron chi connectivity index (χ2n) is 16.3. The number of benzene rings is 4. The van der Waals surface area contributed by atoms with Crippen LogP contribution in [0.15, 0.2) is 126 Å². The number of nitrogens with zero attached hydrogens (tertiary/aromatic N) is 1. The molecule has 0 N–H and O–H groups in total. The highest BCUT2D eigenvalue weighted by molar-refractivity contribution is 6.04. The molecule has 1 spiro atoms. The molecule has 1 heteroatoms. The summed E-state index contributed by atoms with van der Waals surface area (Å²) >= 11 is 0. The Morgan fingerprint density at radius 2 is 1.30 bits per heavy atom. The van der Waals surface area contributed by atoms with Gasteiger partial charge in [-0.05, 0) is 124 Å². The fourth-order valence-corrected chi connectivity index (χ4v) is 11.7. The molecule has 11 rings (SSSR count). The summed E-state index contributed by atoms with van der Waals surface area (Å²) in [6.45, 7) is 0. The van der Waals surface area contributed by atoms with Gasteiger partial charge in [-0.15, -0.1) is 0 Å². The monoisotopic (exact) mass is 649 g/mol. The predicted octanol–water partition coefficient (Wildman–Crippen LogP) is 12.8. The van der Waals surface area contributed by atoms with Crippen LogP contribution in [0.1, 0.15) is 122 Å². The molecule has 0 saturated heterocycles. The van der Waals surface area contributed by atoms with Crippen LogP contribution < -0.4 is 4.90 Å². The van der Waals surface area contributed by atoms with Gasteiger partial charge >= 0.3 is 0 Å². The molecule has 2 fully saturated rings. The summed E-state index contributed by atoms with van der Waals surface area (Å²) < 4.78 is 0. The van der Waals surface area contributed by atoms with Gasteiger partial charge < -0.3 is 4.90 Å². The first kappa shape index (κ1) is 29.4.